The second-order valence-electron chi connectivity index (χ2n) is 6.46. The van der Waals surface area contributed by atoms with Crippen molar-refractivity contribution in [1.29, 1.82) is 0 Å². The Morgan fingerprint density at radius 3 is 2.43 bits per heavy atom. The first-order valence-corrected chi connectivity index (χ1v) is 6.95. The number of aliphatic carboxylic acids is 1. The lowest BCUT2D eigenvalue weighted by Crippen LogP contribution is -2.59. The summed E-state index contributed by atoms with van der Waals surface area (Å²) in [4.78, 5) is 23.7. The third kappa shape index (κ3) is 2.73. The molecule has 5 nitrogen and oxygen atoms in total. The average Bonchev–Trinajstić information content (AvgIpc) is 2.81. The molecule has 2 N–H and O–H groups in total. The van der Waals surface area contributed by atoms with Crippen LogP contribution in [0.25, 0.3) is 0 Å². The Morgan fingerprint density at radius 1 is 1.24 bits per heavy atom. The Labute approximate surface area is 124 Å². The first-order chi connectivity index (χ1) is 9.65. The van der Waals surface area contributed by atoms with Crippen molar-refractivity contribution in [2.24, 2.45) is 5.41 Å². The van der Waals surface area contributed by atoms with Gasteiger partial charge in [0.1, 0.15) is 5.75 Å². The topological polar surface area (TPSA) is 75.6 Å². The van der Waals surface area contributed by atoms with Gasteiger partial charge in [-0.05, 0) is 39.3 Å². The number of amides is 1. The molecule has 0 radical (unpaired) electrons. The molecule has 1 unspecified atom stereocenters. The van der Waals surface area contributed by atoms with Crippen LogP contribution in [0, 0.1) is 5.41 Å². The minimum atomic E-state index is -1.09. The lowest BCUT2D eigenvalue weighted by atomic mass is 9.74. The van der Waals surface area contributed by atoms with Crippen molar-refractivity contribution in [2.45, 2.75) is 45.8 Å². The van der Waals surface area contributed by atoms with E-state index in [1.165, 1.54) is 0 Å². The molecule has 1 aromatic rings. The maximum atomic E-state index is 12.4. The predicted molar refractivity (Wildman–Crippen MR) is 78.2 cm³/mol. The molecule has 0 aromatic heterocycles. The molecular formula is C16H21NO4. The zero-order valence-corrected chi connectivity index (χ0v) is 12.8. The van der Waals surface area contributed by atoms with Crippen molar-refractivity contribution < 1.29 is 19.4 Å². The third-order valence-electron chi connectivity index (χ3n) is 4.47. The van der Waals surface area contributed by atoms with Gasteiger partial charge < -0.3 is 15.2 Å². The van der Waals surface area contributed by atoms with Gasteiger partial charge in [0.2, 0.25) is 0 Å². The molecule has 0 fully saturated rings. The number of ether oxygens (including phenoxy) is 1. The number of carbonyl (C=O) groups excluding carboxylic acids is 1. The smallest absolute Gasteiger partial charge is 0.311 e. The molecule has 114 valence electrons. The summed E-state index contributed by atoms with van der Waals surface area (Å²) in [5, 5.41) is 12.1. The number of carboxylic acids is 1. The van der Waals surface area contributed by atoms with Crippen LogP contribution < -0.4 is 10.1 Å². The SMILES string of the molecule is CC(C)(NC(=O)C1Cc2ccccc2O1)C(C)(C)C(=O)O. The second-order valence-corrected chi connectivity index (χ2v) is 6.46. The number of fused-ring (bicyclic) bond motifs is 1. The van der Waals surface area contributed by atoms with Crippen LogP contribution in [0.5, 0.6) is 5.75 Å². The summed E-state index contributed by atoms with van der Waals surface area (Å²) in [7, 11) is 0. The molecule has 21 heavy (non-hydrogen) atoms. The fraction of sp³-hybridized carbons (Fsp3) is 0.500. The van der Waals surface area contributed by atoms with Crippen LogP contribution in [0.1, 0.15) is 33.3 Å². The number of para-hydroxylation sites is 1. The number of benzene rings is 1. The number of nitrogens with one attached hydrogen (secondary N) is 1. The molecular weight excluding hydrogens is 270 g/mol. The number of carbonyl (C=O) groups is 2. The maximum absolute atomic E-state index is 12.4. The number of carboxylic acid groups (broad SMARTS) is 1. The fourth-order valence-electron chi connectivity index (χ4n) is 2.14. The Balaban J connectivity index is 2.08. The summed E-state index contributed by atoms with van der Waals surface area (Å²) < 4.78 is 5.63. The normalized spacial score (nSPS) is 17.8. The highest BCUT2D eigenvalue weighted by Crippen LogP contribution is 2.32. The van der Waals surface area contributed by atoms with E-state index in [-0.39, 0.29) is 5.91 Å². The minimum Gasteiger partial charge on any atom is -0.481 e. The molecule has 1 aromatic carbocycles. The fourth-order valence-corrected chi connectivity index (χ4v) is 2.14. The molecule has 1 amide bonds. The van der Waals surface area contributed by atoms with E-state index in [1.54, 1.807) is 27.7 Å². The van der Waals surface area contributed by atoms with Gasteiger partial charge in [0.15, 0.2) is 6.10 Å². The van der Waals surface area contributed by atoms with E-state index in [9.17, 15) is 14.7 Å². The highest BCUT2D eigenvalue weighted by molar-refractivity contribution is 5.85. The molecule has 1 atom stereocenters. The largest absolute Gasteiger partial charge is 0.481 e. The number of hydrogen-bond donors (Lipinski definition) is 2. The Kier molecular flexibility index (Phi) is 3.70. The zero-order valence-electron chi connectivity index (χ0n) is 12.8. The average molecular weight is 291 g/mol. The Morgan fingerprint density at radius 2 is 1.86 bits per heavy atom. The maximum Gasteiger partial charge on any atom is 0.311 e. The molecule has 0 aliphatic carbocycles. The van der Waals surface area contributed by atoms with E-state index < -0.39 is 23.0 Å². The predicted octanol–water partition coefficient (Wildman–Crippen LogP) is 2.00. The van der Waals surface area contributed by atoms with E-state index in [4.69, 9.17) is 4.74 Å². The first kappa shape index (κ1) is 15.4. The van der Waals surface area contributed by atoms with Gasteiger partial charge >= 0.3 is 5.97 Å². The summed E-state index contributed by atoms with van der Waals surface area (Å²) >= 11 is 0. The third-order valence-corrected chi connectivity index (χ3v) is 4.47. The van der Waals surface area contributed by atoms with Gasteiger partial charge in [-0.25, -0.2) is 0 Å². The Bertz CT molecular complexity index is 552. The van der Waals surface area contributed by atoms with Gasteiger partial charge in [-0.3, -0.25) is 9.59 Å². The standard InChI is InChI=1S/C16H21NO4/c1-15(2,14(19)20)16(3,4)17-13(18)12-9-10-7-5-6-8-11(10)21-12/h5-8,12H,9H2,1-4H3,(H,17,18)(H,19,20). The molecule has 0 saturated carbocycles. The van der Waals surface area contributed by atoms with Crippen LogP contribution in [0.3, 0.4) is 0 Å². The zero-order chi connectivity index (χ0) is 15.8. The van der Waals surface area contributed by atoms with Crippen molar-refractivity contribution in [2.75, 3.05) is 0 Å². The highest BCUT2D eigenvalue weighted by Gasteiger charge is 2.45. The van der Waals surface area contributed by atoms with Crippen molar-refractivity contribution >= 4 is 11.9 Å². The molecule has 2 rings (SSSR count). The lowest BCUT2D eigenvalue weighted by molar-refractivity contribution is -0.152. The molecule has 1 aliphatic rings. The highest BCUT2D eigenvalue weighted by atomic mass is 16.5. The first-order valence-electron chi connectivity index (χ1n) is 6.95. The van der Waals surface area contributed by atoms with Crippen LogP contribution in [0.2, 0.25) is 0 Å². The molecule has 1 aliphatic heterocycles. The van der Waals surface area contributed by atoms with Crippen LogP contribution in [0.4, 0.5) is 0 Å². The Hall–Kier alpha value is -2.04. The summed E-state index contributed by atoms with van der Waals surface area (Å²) in [6, 6.07) is 7.51. The molecule has 0 spiro atoms. The van der Waals surface area contributed by atoms with Crippen molar-refractivity contribution in [1.82, 2.24) is 5.32 Å². The van der Waals surface area contributed by atoms with Crippen LogP contribution in [0.15, 0.2) is 24.3 Å². The molecule has 1 heterocycles. The summed E-state index contributed by atoms with van der Waals surface area (Å²) in [5.41, 5.74) is -0.990. The molecule has 0 saturated heterocycles. The van der Waals surface area contributed by atoms with E-state index in [0.717, 1.165) is 5.56 Å². The van der Waals surface area contributed by atoms with Crippen LogP contribution in [-0.2, 0) is 16.0 Å². The van der Waals surface area contributed by atoms with Crippen molar-refractivity contribution in [3.63, 3.8) is 0 Å². The quantitative estimate of drug-likeness (QED) is 0.889. The lowest BCUT2D eigenvalue weighted by Gasteiger charge is -2.39. The van der Waals surface area contributed by atoms with E-state index in [2.05, 4.69) is 5.32 Å². The monoisotopic (exact) mass is 291 g/mol. The van der Waals surface area contributed by atoms with Gasteiger partial charge in [0, 0.05) is 6.42 Å². The second kappa shape index (κ2) is 5.06. The number of rotatable bonds is 4. The number of hydrogen-bond acceptors (Lipinski definition) is 3. The summed E-state index contributed by atoms with van der Waals surface area (Å²) in [5.74, 6) is -0.526. The van der Waals surface area contributed by atoms with Gasteiger partial charge in [0.25, 0.3) is 5.91 Å². The molecule has 5 heteroatoms. The van der Waals surface area contributed by atoms with Crippen molar-refractivity contribution in [3.05, 3.63) is 29.8 Å². The van der Waals surface area contributed by atoms with Crippen LogP contribution >= 0.6 is 0 Å². The van der Waals surface area contributed by atoms with E-state index in [0.29, 0.717) is 12.2 Å². The van der Waals surface area contributed by atoms with Gasteiger partial charge in [-0.15, -0.1) is 0 Å². The van der Waals surface area contributed by atoms with Crippen LogP contribution in [-0.4, -0.2) is 28.6 Å². The van der Waals surface area contributed by atoms with Gasteiger partial charge in [-0.1, -0.05) is 18.2 Å². The van der Waals surface area contributed by atoms with Gasteiger partial charge in [0.05, 0.1) is 11.0 Å². The van der Waals surface area contributed by atoms with E-state index in [1.807, 2.05) is 24.3 Å². The minimum absolute atomic E-state index is 0.287. The van der Waals surface area contributed by atoms with E-state index >= 15 is 0 Å². The molecule has 0 bridgehead atoms. The summed E-state index contributed by atoms with van der Waals surface area (Å²) in [6.07, 6.45) is -0.0998. The van der Waals surface area contributed by atoms with Crippen molar-refractivity contribution in [3.8, 4) is 5.75 Å². The summed E-state index contributed by atoms with van der Waals surface area (Å²) in [6.45, 7) is 6.61. The van der Waals surface area contributed by atoms with Gasteiger partial charge in [-0.2, -0.15) is 0 Å².